The second-order valence-corrected chi connectivity index (χ2v) is 8.98. The molecule has 0 unspecified atom stereocenters. The topological polar surface area (TPSA) is 55.1 Å². The molecule has 0 fully saturated rings. The molecule has 5 aromatic rings. The second kappa shape index (κ2) is 7.65. The summed E-state index contributed by atoms with van der Waals surface area (Å²) in [6.45, 7) is 6.46. The molecule has 0 aliphatic carbocycles. The molecule has 0 atom stereocenters. The van der Waals surface area contributed by atoms with Gasteiger partial charge in [-0.05, 0) is 46.7 Å². The Hall–Kier alpha value is -3.92. The van der Waals surface area contributed by atoms with E-state index in [1.54, 1.807) is 0 Å². The number of oxazole rings is 1. The lowest BCUT2D eigenvalue weighted by Crippen LogP contribution is -2.14. The van der Waals surface area contributed by atoms with Crippen LogP contribution in [0.1, 0.15) is 36.7 Å². The van der Waals surface area contributed by atoms with Crippen molar-refractivity contribution in [1.29, 1.82) is 0 Å². The van der Waals surface area contributed by atoms with Crippen molar-refractivity contribution in [2.45, 2.75) is 26.2 Å². The number of hydrogen-bond acceptors (Lipinski definition) is 3. The van der Waals surface area contributed by atoms with E-state index >= 15 is 0 Å². The SMILES string of the molecule is CC(C)(C)c1ccc(C(=O)Nc2ccccc2-c2nc3ccc4ccccc4c3o2)cc1. The number of nitrogens with zero attached hydrogens (tertiary/aromatic N) is 1. The Morgan fingerprint density at radius 2 is 1.56 bits per heavy atom. The molecule has 0 aliphatic heterocycles. The number of benzene rings is 4. The third-order valence-electron chi connectivity index (χ3n) is 5.70. The van der Waals surface area contributed by atoms with Crippen molar-refractivity contribution in [1.82, 2.24) is 4.98 Å². The number of para-hydroxylation sites is 1. The number of amides is 1. The third-order valence-corrected chi connectivity index (χ3v) is 5.70. The number of nitrogens with one attached hydrogen (secondary N) is 1. The Balaban J connectivity index is 1.49. The molecular weight excluding hydrogens is 396 g/mol. The van der Waals surface area contributed by atoms with E-state index in [2.05, 4.69) is 32.2 Å². The summed E-state index contributed by atoms with van der Waals surface area (Å²) < 4.78 is 6.19. The van der Waals surface area contributed by atoms with Crippen LogP contribution in [-0.2, 0) is 5.41 Å². The minimum Gasteiger partial charge on any atom is -0.435 e. The van der Waals surface area contributed by atoms with Gasteiger partial charge in [0.2, 0.25) is 5.89 Å². The van der Waals surface area contributed by atoms with Crippen LogP contribution in [0, 0.1) is 0 Å². The number of fused-ring (bicyclic) bond motifs is 3. The fraction of sp³-hybridized carbons (Fsp3) is 0.143. The normalized spacial score (nSPS) is 11.7. The first kappa shape index (κ1) is 20.0. The van der Waals surface area contributed by atoms with E-state index < -0.39 is 0 Å². The van der Waals surface area contributed by atoms with Gasteiger partial charge in [-0.15, -0.1) is 0 Å². The smallest absolute Gasteiger partial charge is 0.255 e. The van der Waals surface area contributed by atoms with Crippen LogP contribution in [0.4, 0.5) is 5.69 Å². The predicted octanol–water partition coefficient (Wildman–Crippen LogP) is 7.20. The van der Waals surface area contributed by atoms with Crippen molar-refractivity contribution in [3.8, 4) is 11.5 Å². The summed E-state index contributed by atoms with van der Waals surface area (Å²) in [5, 5.41) is 5.14. The van der Waals surface area contributed by atoms with E-state index in [0.29, 0.717) is 17.1 Å². The van der Waals surface area contributed by atoms with Gasteiger partial charge in [0.1, 0.15) is 5.52 Å². The van der Waals surface area contributed by atoms with Gasteiger partial charge in [-0.1, -0.05) is 75.4 Å². The van der Waals surface area contributed by atoms with Gasteiger partial charge in [-0.25, -0.2) is 4.98 Å². The molecule has 32 heavy (non-hydrogen) atoms. The van der Waals surface area contributed by atoms with E-state index in [0.717, 1.165) is 27.4 Å². The molecule has 158 valence electrons. The highest BCUT2D eigenvalue weighted by Crippen LogP contribution is 2.33. The maximum absolute atomic E-state index is 12.9. The molecule has 0 bridgehead atoms. The summed E-state index contributed by atoms with van der Waals surface area (Å²) in [7, 11) is 0. The van der Waals surface area contributed by atoms with Crippen molar-refractivity contribution in [3.63, 3.8) is 0 Å². The maximum atomic E-state index is 12.9. The van der Waals surface area contributed by atoms with Crippen LogP contribution >= 0.6 is 0 Å². The van der Waals surface area contributed by atoms with Crippen LogP contribution in [0.2, 0.25) is 0 Å². The molecule has 0 aliphatic rings. The molecule has 4 heteroatoms. The number of anilines is 1. The van der Waals surface area contributed by atoms with Gasteiger partial charge in [0.05, 0.1) is 11.3 Å². The molecule has 1 amide bonds. The molecule has 0 radical (unpaired) electrons. The summed E-state index contributed by atoms with van der Waals surface area (Å²) >= 11 is 0. The minimum atomic E-state index is -0.167. The van der Waals surface area contributed by atoms with Crippen LogP contribution in [0.3, 0.4) is 0 Å². The Bertz CT molecular complexity index is 1440. The first-order valence-electron chi connectivity index (χ1n) is 10.7. The molecule has 4 nitrogen and oxygen atoms in total. The van der Waals surface area contributed by atoms with Crippen LogP contribution < -0.4 is 5.32 Å². The molecule has 4 aromatic carbocycles. The Labute approximate surface area is 186 Å². The van der Waals surface area contributed by atoms with Crippen LogP contribution in [0.15, 0.2) is 89.3 Å². The fourth-order valence-corrected chi connectivity index (χ4v) is 3.87. The quantitative estimate of drug-likeness (QED) is 0.336. The molecule has 0 saturated heterocycles. The number of aromatic nitrogens is 1. The largest absolute Gasteiger partial charge is 0.435 e. The van der Waals surface area contributed by atoms with E-state index in [4.69, 9.17) is 9.40 Å². The monoisotopic (exact) mass is 420 g/mol. The van der Waals surface area contributed by atoms with Crippen molar-refractivity contribution < 1.29 is 9.21 Å². The van der Waals surface area contributed by atoms with E-state index in [9.17, 15) is 4.79 Å². The highest BCUT2D eigenvalue weighted by Gasteiger charge is 2.17. The predicted molar refractivity (Wildman–Crippen MR) is 130 cm³/mol. The molecule has 0 spiro atoms. The number of carbonyl (C=O) groups excluding carboxylic acids is 1. The first-order valence-corrected chi connectivity index (χ1v) is 10.7. The van der Waals surface area contributed by atoms with Crippen molar-refractivity contribution in [2.24, 2.45) is 0 Å². The minimum absolute atomic E-state index is 0.0404. The Kier molecular flexibility index (Phi) is 4.78. The summed E-state index contributed by atoms with van der Waals surface area (Å²) in [6.07, 6.45) is 0. The summed E-state index contributed by atoms with van der Waals surface area (Å²) in [4.78, 5) is 17.6. The van der Waals surface area contributed by atoms with E-state index in [1.165, 1.54) is 5.56 Å². The maximum Gasteiger partial charge on any atom is 0.255 e. The zero-order valence-electron chi connectivity index (χ0n) is 18.3. The van der Waals surface area contributed by atoms with E-state index in [-0.39, 0.29) is 11.3 Å². The van der Waals surface area contributed by atoms with Gasteiger partial charge in [-0.2, -0.15) is 0 Å². The summed E-state index contributed by atoms with van der Waals surface area (Å²) in [5.41, 5.74) is 4.78. The van der Waals surface area contributed by atoms with E-state index in [1.807, 2.05) is 78.9 Å². The highest BCUT2D eigenvalue weighted by molar-refractivity contribution is 6.07. The van der Waals surface area contributed by atoms with Crippen LogP contribution in [0.5, 0.6) is 0 Å². The first-order chi connectivity index (χ1) is 15.4. The van der Waals surface area contributed by atoms with Gasteiger partial charge < -0.3 is 9.73 Å². The lowest BCUT2D eigenvalue weighted by atomic mass is 9.87. The Morgan fingerprint density at radius 3 is 2.34 bits per heavy atom. The van der Waals surface area contributed by atoms with Gasteiger partial charge in [0.15, 0.2) is 5.58 Å². The fourth-order valence-electron chi connectivity index (χ4n) is 3.87. The Morgan fingerprint density at radius 1 is 0.844 bits per heavy atom. The zero-order chi connectivity index (χ0) is 22.3. The molecule has 1 N–H and O–H groups in total. The second-order valence-electron chi connectivity index (χ2n) is 8.98. The summed E-state index contributed by atoms with van der Waals surface area (Å²) in [6, 6.07) is 27.4. The third kappa shape index (κ3) is 3.65. The number of rotatable bonds is 3. The summed E-state index contributed by atoms with van der Waals surface area (Å²) in [5.74, 6) is 0.315. The zero-order valence-corrected chi connectivity index (χ0v) is 18.3. The molecule has 1 aromatic heterocycles. The molecule has 0 saturated carbocycles. The van der Waals surface area contributed by atoms with Gasteiger partial charge in [0, 0.05) is 10.9 Å². The molecule has 5 rings (SSSR count). The molecular formula is C28H24N2O2. The lowest BCUT2D eigenvalue weighted by molar-refractivity contribution is 0.102. The van der Waals surface area contributed by atoms with Crippen molar-refractivity contribution >= 4 is 33.5 Å². The van der Waals surface area contributed by atoms with Gasteiger partial charge >= 0.3 is 0 Å². The number of carbonyl (C=O) groups is 1. The van der Waals surface area contributed by atoms with Gasteiger partial charge in [0.25, 0.3) is 5.91 Å². The highest BCUT2D eigenvalue weighted by atomic mass is 16.3. The average molecular weight is 421 g/mol. The van der Waals surface area contributed by atoms with Crippen LogP contribution in [-0.4, -0.2) is 10.9 Å². The van der Waals surface area contributed by atoms with Gasteiger partial charge in [-0.3, -0.25) is 4.79 Å². The number of hydrogen-bond donors (Lipinski definition) is 1. The van der Waals surface area contributed by atoms with Crippen molar-refractivity contribution in [3.05, 3.63) is 96.1 Å². The standard InChI is InChI=1S/C28H24N2O2/c1-28(2,3)20-15-12-19(13-16-20)26(31)29-23-11-7-6-10-22(23)27-30-24-17-14-18-8-4-5-9-21(18)25(24)32-27/h4-17H,1-3H3,(H,29,31). The van der Waals surface area contributed by atoms with Crippen LogP contribution in [0.25, 0.3) is 33.3 Å². The molecule has 1 heterocycles. The average Bonchev–Trinajstić information content (AvgIpc) is 3.24. The van der Waals surface area contributed by atoms with Crippen molar-refractivity contribution in [2.75, 3.05) is 5.32 Å². The lowest BCUT2D eigenvalue weighted by Gasteiger charge is -2.19.